The average Bonchev–Trinajstić information content (AvgIpc) is 3.09. The first kappa shape index (κ1) is 17.5. The van der Waals surface area contributed by atoms with Crippen LogP contribution in [0.5, 0.6) is 0 Å². The van der Waals surface area contributed by atoms with Crippen LogP contribution in [-0.4, -0.2) is 4.98 Å². The summed E-state index contributed by atoms with van der Waals surface area (Å²) in [5.74, 6) is 0.438. The Balaban J connectivity index is 1.83. The van der Waals surface area contributed by atoms with Crippen LogP contribution < -0.4 is 0 Å². The number of hydrogen-bond acceptors (Lipinski definition) is 1. The molecule has 0 saturated carbocycles. The molecule has 0 radical (unpaired) electrons. The largest absolute Gasteiger partial charge is 0.261 e. The predicted molar refractivity (Wildman–Crippen MR) is 111 cm³/mol. The van der Waals surface area contributed by atoms with Crippen molar-refractivity contribution in [3.05, 3.63) is 70.6 Å². The molecule has 0 amide bonds. The first-order valence-corrected chi connectivity index (χ1v) is 10.1. The first-order valence-electron chi connectivity index (χ1n) is 10.1. The summed E-state index contributed by atoms with van der Waals surface area (Å²) in [6.45, 7) is 11.9. The van der Waals surface area contributed by atoms with Crippen LogP contribution in [0.25, 0.3) is 5.57 Å². The third kappa shape index (κ3) is 2.82. The van der Waals surface area contributed by atoms with Gasteiger partial charge in [-0.3, -0.25) is 4.98 Å². The van der Waals surface area contributed by atoms with E-state index in [0.717, 1.165) is 6.42 Å². The molecule has 0 fully saturated rings. The fraction of sp³-hybridized carbons (Fsp3) is 0.480. The first-order chi connectivity index (χ1) is 12.3. The van der Waals surface area contributed by atoms with E-state index >= 15 is 0 Å². The summed E-state index contributed by atoms with van der Waals surface area (Å²) in [7, 11) is 0. The molecule has 2 aliphatic carbocycles. The molecule has 2 aliphatic rings. The molecule has 1 aromatic carbocycles. The van der Waals surface area contributed by atoms with E-state index in [2.05, 4.69) is 69.9 Å². The zero-order valence-corrected chi connectivity index (χ0v) is 16.9. The molecular formula is C25H31N. The fourth-order valence-electron chi connectivity index (χ4n) is 4.92. The van der Waals surface area contributed by atoms with Crippen molar-refractivity contribution in [2.45, 2.75) is 77.0 Å². The molecule has 1 heterocycles. The van der Waals surface area contributed by atoms with E-state index in [1.165, 1.54) is 41.7 Å². The van der Waals surface area contributed by atoms with Gasteiger partial charge in [-0.2, -0.15) is 0 Å². The third-order valence-corrected chi connectivity index (χ3v) is 6.75. The van der Waals surface area contributed by atoms with Gasteiger partial charge in [-0.15, -0.1) is 0 Å². The lowest BCUT2D eigenvalue weighted by Gasteiger charge is -2.42. The van der Waals surface area contributed by atoms with Crippen molar-refractivity contribution in [2.24, 2.45) is 0 Å². The number of allylic oxidation sites excluding steroid dienone is 2. The number of fused-ring (bicyclic) bond motifs is 1. The van der Waals surface area contributed by atoms with Gasteiger partial charge in [0.05, 0.1) is 0 Å². The molecule has 1 heteroatoms. The van der Waals surface area contributed by atoms with Crippen molar-refractivity contribution in [3.63, 3.8) is 0 Å². The number of benzene rings is 1. The smallest absolute Gasteiger partial charge is 0.0478 e. The van der Waals surface area contributed by atoms with Crippen LogP contribution >= 0.6 is 0 Å². The van der Waals surface area contributed by atoms with Crippen molar-refractivity contribution >= 4 is 5.57 Å². The molecule has 26 heavy (non-hydrogen) atoms. The van der Waals surface area contributed by atoms with Crippen molar-refractivity contribution in [1.29, 1.82) is 0 Å². The zero-order chi connectivity index (χ0) is 18.5. The van der Waals surface area contributed by atoms with E-state index in [1.807, 2.05) is 12.3 Å². The predicted octanol–water partition coefficient (Wildman–Crippen LogP) is 6.70. The Hall–Kier alpha value is -1.89. The number of hydrogen-bond donors (Lipinski definition) is 0. The Morgan fingerprint density at radius 2 is 1.65 bits per heavy atom. The fourth-order valence-corrected chi connectivity index (χ4v) is 4.92. The molecule has 1 nitrogen and oxygen atoms in total. The van der Waals surface area contributed by atoms with Gasteiger partial charge in [0.15, 0.2) is 0 Å². The second kappa shape index (κ2) is 6.08. The van der Waals surface area contributed by atoms with Gasteiger partial charge in [0.25, 0.3) is 0 Å². The molecule has 0 saturated heterocycles. The van der Waals surface area contributed by atoms with E-state index in [-0.39, 0.29) is 10.8 Å². The maximum atomic E-state index is 4.66. The van der Waals surface area contributed by atoms with Crippen molar-refractivity contribution in [3.8, 4) is 0 Å². The van der Waals surface area contributed by atoms with Gasteiger partial charge in [0.2, 0.25) is 0 Å². The van der Waals surface area contributed by atoms with E-state index in [1.54, 1.807) is 11.1 Å². The SMILES string of the molecule is Cc1cc2c(cc1C1=CCCC1c1ccccn1)C(C)(C)CCC2(C)C. The summed E-state index contributed by atoms with van der Waals surface area (Å²) >= 11 is 0. The molecule has 0 N–H and O–H groups in total. The Morgan fingerprint density at radius 1 is 0.962 bits per heavy atom. The minimum absolute atomic E-state index is 0.257. The van der Waals surface area contributed by atoms with Crippen LogP contribution in [-0.2, 0) is 10.8 Å². The summed E-state index contributed by atoms with van der Waals surface area (Å²) in [5, 5.41) is 0. The van der Waals surface area contributed by atoms with Gasteiger partial charge >= 0.3 is 0 Å². The van der Waals surface area contributed by atoms with Crippen molar-refractivity contribution in [1.82, 2.24) is 4.98 Å². The number of nitrogens with zero attached hydrogens (tertiary/aromatic N) is 1. The zero-order valence-electron chi connectivity index (χ0n) is 16.9. The highest BCUT2D eigenvalue weighted by Crippen LogP contribution is 2.49. The van der Waals surface area contributed by atoms with Gasteiger partial charge in [-0.25, -0.2) is 0 Å². The maximum absolute atomic E-state index is 4.66. The number of pyridine rings is 1. The van der Waals surface area contributed by atoms with E-state index in [0.29, 0.717) is 5.92 Å². The van der Waals surface area contributed by atoms with Crippen LogP contribution in [0.4, 0.5) is 0 Å². The Bertz CT molecular complexity index is 855. The van der Waals surface area contributed by atoms with Gasteiger partial charge in [0, 0.05) is 17.8 Å². The second-order valence-electron chi connectivity index (χ2n) is 9.52. The second-order valence-corrected chi connectivity index (χ2v) is 9.52. The summed E-state index contributed by atoms with van der Waals surface area (Å²) in [5.41, 5.74) is 9.22. The molecule has 0 aliphatic heterocycles. The van der Waals surface area contributed by atoms with Crippen LogP contribution in [0, 0.1) is 6.92 Å². The lowest BCUT2D eigenvalue weighted by molar-refractivity contribution is 0.331. The van der Waals surface area contributed by atoms with Crippen LogP contribution in [0.2, 0.25) is 0 Å². The number of aromatic nitrogens is 1. The van der Waals surface area contributed by atoms with Crippen LogP contribution in [0.3, 0.4) is 0 Å². The molecule has 4 rings (SSSR count). The molecule has 1 atom stereocenters. The lowest BCUT2D eigenvalue weighted by Crippen LogP contribution is -2.34. The van der Waals surface area contributed by atoms with Crippen molar-refractivity contribution in [2.75, 3.05) is 0 Å². The van der Waals surface area contributed by atoms with Gasteiger partial charge in [0.1, 0.15) is 0 Å². The van der Waals surface area contributed by atoms with Crippen LogP contribution in [0.15, 0.2) is 42.6 Å². The molecule has 0 bridgehead atoms. The maximum Gasteiger partial charge on any atom is 0.0478 e. The summed E-state index contributed by atoms with van der Waals surface area (Å²) in [4.78, 5) is 4.66. The van der Waals surface area contributed by atoms with E-state index in [4.69, 9.17) is 0 Å². The number of rotatable bonds is 2. The quantitative estimate of drug-likeness (QED) is 0.590. The topological polar surface area (TPSA) is 12.9 Å². The number of aryl methyl sites for hydroxylation is 1. The minimum atomic E-state index is 0.257. The summed E-state index contributed by atoms with van der Waals surface area (Å²) in [6.07, 6.45) is 9.24. The van der Waals surface area contributed by atoms with Crippen molar-refractivity contribution < 1.29 is 0 Å². The highest BCUT2D eigenvalue weighted by Gasteiger charge is 2.38. The average molecular weight is 346 g/mol. The lowest BCUT2D eigenvalue weighted by atomic mass is 9.62. The standard InChI is InChI=1S/C25H31N/c1-17-15-21-22(25(4,5)13-12-24(21,2)3)16-20(17)18-9-8-10-19(18)23-11-6-7-14-26-23/h6-7,9,11,14-16,19H,8,10,12-13H2,1-5H3. The molecule has 136 valence electrons. The van der Waals surface area contributed by atoms with Gasteiger partial charge in [-0.1, -0.05) is 52.0 Å². The highest BCUT2D eigenvalue weighted by molar-refractivity contribution is 5.76. The molecule has 2 aromatic rings. The van der Waals surface area contributed by atoms with Crippen LogP contribution in [0.1, 0.15) is 87.2 Å². The monoisotopic (exact) mass is 345 g/mol. The van der Waals surface area contributed by atoms with Gasteiger partial charge in [-0.05, 0) is 83.4 Å². The van der Waals surface area contributed by atoms with Gasteiger partial charge < -0.3 is 0 Å². The molecule has 0 spiro atoms. The normalized spacial score (nSPS) is 23.4. The van der Waals surface area contributed by atoms with E-state index in [9.17, 15) is 0 Å². The molecule has 1 aromatic heterocycles. The molecule has 1 unspecified atom stereocenters. The Kier molecular flexibility index (Phi) is 4.10. The summed E-state index contributed by atoms with van der Waals surface area (Å²) < 4.78 is 0. The minimum Gasteiger partial charge on any atom is -0.261 e. The Morgan fingerprint density at radius 3 is 2.31 bits per heavy atom. The highest BCUT2D eigenvalue weighted by atomic mass is 14.7. The third-order valence-electron chi connectivity index (χ3n) is 6.75. The van der Waals surface area contributed by atoms with E-state index < -0.39 is 0 Å². The molecular weight excluding hydrogens is 314 g/mol. The Labute approximate surface area is 158 Å². The summed E-state index contributed by atoms with van der Waals surface area (Å²) in [6, 6.07) is 11.3.